The van der Waals surface area contributed by atoms with Crippen LogP contribution in [0.1, 0.15) is 30.9 Å². The van der Waals surface area contributed by atoms with E-state index in [2.05, 4.69) is 26.8 Å². The predicted molar refractivity (Wildman–Crippen MR) is 140 cm³/mol. The first kappa shape index (κ1) is 27.6. The number of halogens is 2. The summed E-state index contributed by atoms with van der Waals surface area (Å²) in [4.78, 5) is 15.0. The van der Waals surface area contributed by atoms with Gasteiger partial charge in [-0.3, -0.25) is 4.99 Å². The molecule has 1 aromatic heterocycles. The van der Waals surface area contributed by atoms with Crippen molar-refractivity contribution in [2.24, 2.45) is 16.6 Å². The highest BCUT2D eigenvalue weighted by atomic mass is 19.1. The highest BCUT2D eigenvalue weighted by Crippen LogP contribution is 2.31. The van der Waals surface area contributed by atoms with Gasteiger partial charge in [-0.2, -0.15) is 0 Å². The maximum Gasteiger partial charge on any atom is 0.225 e. The van der Waals surface area contributed by atoms with Gasteiger partial charge in [0, 0.05) is 39.0 Å². The van der Waals surface area contributed by atoms with E-state index < -0.39 is 11.6 Å². The second-order valence-corrected chi connectivity index (χ2v) is 8.85. The van der Waals surface area contributed by atoms with Crippen LogP contribution in [0.2, 0.25) is 0 Å². The molecule has 1 saturated heterocycles. The van der Waals surface area contributed by atoms with E-state index >= 15 is 0 Å². The molecule has 1 aliphatic heterocycles. The Morgan fingerprint density at radius 2 is 1.70 bits per heavy atom. The first-order chi connectivity index (χ1) is 18.0. The molecular formula is C27H33F2N7O. The Hall–Kier alpha value is -3.95. The maximum atomic E-state index is 14.8. The molecule has 0 amide bonds. The summed E-state index contributed by atoms with van der Waals surface area (Å²) in [6.07, 6.45) is 6.79. The van der Waals surface area contributed by atoms with Crippen LogP contribution >= 0.6 is 0 Å². The largest absolute Gasteiger partial charge is 0.487 e. The van der Waals surface area contributed by atoms with Crippen molar-refractivity contribution in [1.29, 1.82) is 11.1 Å². The highest BCUT2D eigenvalue weighted by Gasteiger charge is 2.23. The molecule has 0 unspecified atom stereocenters. The number of nitrogens with zero attached hydrogens (tertiary/aromatic N) is 4. The fraction of sp³-hybridized carbons (Fsp3) is 0.370. The molecule has 0 atom stereocenters. The van der Waals surface area contributed by atoms with Gasteiger partial charge in [0.1, 0.15) is 0 Å². The first-order valence-corrected chi connectivity index (χ1v) is 12.2. The van der Waals surface area contributed by atoms with E-state index in [9.17, 15) is 8.78 Å². The van der Waals surface area contributed by atoms with Gasteiger partial charge in [0.15, 0.2) is 17.4 Å². The summed E-state index contributed by atoms with van der Waals surface area (Å²) in [5.74, 6) is -0.307. The van der Waals surface area contributed by atoms with E-state index in [1.54, 1.807) is 7.05 Å². The minimum absolute atomic E-state index is 0.210. The van der Waals surface area contributed by atoms with E-state index in [-0.39, 0.29) is 18.3 Å². The number of hydrogen-bond acceptors (Lipinski definition) is 7. The number of nitrogens with two attached hydrogens (primary N) is 1. The number of ether oxygens (including phenoxy) is 1. The molecule has 2 aromatic carbocycles. The zero-order valence-corrected chi connectivity index (χ0v) is 21.2. The third kappa shape index (κ3) is 7.28. The van der Waals surface area contributed by atoms with E-state index in [0.717, 1.165) is 49.4 Å². The third-order valence-electron chi connectivity index (χ3n) is 6.39. The fourth-order valence-corrected chi connectivity index (χ4v) is 4.21. The summed E-state index contributed by atoms with van der Waals surface area (Å²) >= 11 is 0. The van der Waals surface area contributed by atoms with E-state index in [4.69, 9.17) is 21.5 Å². The molecule has 37 heavy (non-hydrogen) atoms. The molecule has 0 aliphatic carbocycles. The van der Waals surface area contributed by atoms with E-state index in [1.807, 2.05) is 36.7 Å². The molecule has 4 rings (SSSR count). The number of nitrogens with one attached hydrogen (secondary N) is 2. The Balaban J connectivity index is 0.00000186. The van der Waals surface area contributed by atoms with Gasteiger partial charge in [-0.05, 0) is 59.6 Å². The smallest absolute Gasteiger partial charge is 0.225 e. The Labute approximate surface area is 215 Å². The van der Waals surface area contributed by atoms with Crippen molar-refractivity contribution in [3.05, 3.63) is 71.6 Å². The second kappa shape index (κ2) is 13.4. The van der Waals surface area contributed by atoms with E-state index in [1.165, 1.54) is 12.1 Å². The number of piperidine rings is 1. The van der Waals surface area contributed by atoms with Crippen molar-refractivity contribution in [1.82, 2.24) is 9.97 Å². The maximum absolute atomic E-state index is 14.8. The minimum atomic E-state index is -0.707. The summed E-state index contributed by atoms with van der Waals surface area (Å²) in [5.41, 5.74) is 19.0. The molecule has 0 spiro atoms. The van der Waals surface area contributed by atoms with Crippen LogP contribution in [0.4, 0.5) is 14.7 Å². The normalized spacial score (nSPS) is 14.2. The number of anilines is 1. The first-order valence-electron chi connectivity index (χ1n) is 12.2. The summed E-state index contributed by atoms with van der Waals surface area (Å²) in [7, 11) is 1.63. The van der Waals surface area contributed by atoms with Crippen LogP contribution in [0.15, 0.2) is 53.8 Å². The number of hydrogen-bond donors (Lipinski definition) is 3. The average Bonchev–Trinajstić information content (AvgIpc) is 2.94. The Morgan fingerprint density at radius 3 is 2.30 bits per heavy atom. The number of aliphatic imine (C=N–C) groups is 1. The number of aryl methyl sites for hydroxylation is 1. The molecule has 2 heterocycles. The lowest BCUT2D eigenvalue weighted by atomic mass is 9.98. The lowest BCUT2D eigenvalue weighted by Gasteiger charge is -2.31. The molecule has 0 saturated carbocycles. The molecule has 4 N–H and O–H groups in total. The van der Waals surface area contributed by atoms with Crippen LogP contribution in [-0.4, -0.2) is 42.5 Å². The SMILES string of the molecule is CCc1cnc(N2CCC(COc3c(F)cc(-c4cccc(CC(N)=NC)c4)cc3F)CC2)nc1.N=N. The van der Waals surface area contributed by atoms with Gasteiger partial charge in [0.05, 0.1) is 12.4 Å². The third-order valence-corrected chi connectivity index (χ3v) is 6.39. The van der Waals surface area contributed by atoms with Crippen LogP contribution in [-0.2, 0) is 12.8 Å². The van der Waals surface area contributed by atoms with Crippen molar-refractivity contribution in [2.45, 2.75) is 32.6 Å². The lowest BCUT2D eigenvalue weighted by Crippen LogP contribution is -2.36. The van der Waals surface area contributed by atoms with Crippen molar-refractivity contribution < 1.29 is 13.5 Å². The number of amidine groups is 1. The van der Waals surface area contributed by atoms with Crippen molar-refractivity contribution in [3.8, 4) is 16.9 Å². The van der Waals surface area contributed by atoms with Crippen LogP contribution in [0, 0.1) is 28.6 Å². The molecule has 196 valence electrons. The van der Waals surface area contributed by atoms with Gasteiger partial charge < -0.3 is 15.4 Å². The lowest BCUT2D eigenvalue weighted by molar-refractivity contribution is 0.207. The summed E-state index contributed by atoms with van der Waals surface area (Å²) in [5, 5.41) is 0. The summed E-state index contributed by atoms with van der Waals surface area (Å²) in [6.45, 7) is 3.91. The van der Waals surface area contributed by atoms with Crippen LogP contribution in [0.3, 0.4) is 0 Å². The Bertz CT molecular complexity index is 1170. The van der Waals surface area contributed by atoms with Crippen molar-refractivity contribution in [3.63, 3.8) is 0 Å². The standard InChI is InChI=1S/C27H31F2N5O.H2N2/c1-3-18-15-32-27(33-16-18)34-9-7-19(8-10-34)17-35-26-23(28)13-22(14-24(26)29)21-6-4-5-20(11-21)12-25(30)31-2;1-2/h4-6,11,13-16,19H,3,7-10,12,17H2,1-2H3,(H2,30,31);1-2H. The zero-order chi connectivity index (χ0) is 26.8. The second-order valence-electron chi connectivity index (χ2n) is 8.85. The Morgan fingerprint density at radius 1 is 1.05 bits per heavy atom. The highest BCUT2D eigenvalue weighted by molar-refractivity contribution is 5.83. The van der Waals surface area contributed by atoms with Gasteiger partial charge in [0.2, 0.25) is 5.95 Å². The Kier molecular flexibility index (Phi) is 10.00. The van der Waals surface area contributed by atoms with Crippen molar-refractivity contribution >= 4 is 11.8 Å². The zero-order valence-electron chi connectivity index (χ0n) is 21.2. The number of aromatic nitrogens is 2. The molecule has 0 bridgehead atoms. The average molecular weight is 510 g/mol. The molecule has 10 heteroatoms. The van der Waals surface area contributed by atoms with Crippen LogP contribution in [0.5, 0.6) is 5.75 Å². The van der Waals surface area contributed by atoms with Gasteiger partial charge >= 0.3 is 0 Å². The van der Waals surface area contributed by atoms with E-state index in [0.29, 0.717) is 23.4 Å². The minimum Gasteiger partial charge on any atom is -0.487 e. The van der Waals surface area contributed by atoms with Gasteiger partial charge in [-0.15, -0.1) is 0 Å². The molecular weight excluding hydrogens is 476 g/mol. The quantitative estimate of drug-likeness (QED) is 0.213. The van der Waals surface area contributed by atoms with Gasteiger partial charge in [-0.25, -0.2) is 29.8 Å². The topological polar surface area (TPSA) is 124 Å². The van der Waals surface area contributed by atoms with Gasteiger partial charge in [0.25, 0.3) is 0 Å². The summed E-state index contributed by atoms with van der Waals surface area (Å²) < 4.78 is 35.3. The monoisotopic (exact) mass is 509 g/mol. The predicted octanol–water partition coefficient (Wildman–Crippen LogP) is 5.41. The molecule has 1 fully saturated rings. The molecule has 3 aromatic rings. The van der Waals surface area contributed by atoms with Crippen molar-refractivity contribution in [2.75, 3.05) is 31.6 Å². The number of benzene rings is 2. The molecule has 0 radical (unpaired) electrons. The number of rotatable bonds is 8. The van der Waals surface area contributed by atoms with Gasteiger partial charge in [-0.1, -0.05) is 31.2 Å². The molecule has 1 aliphatic rings. The fourth-order valence-electron chi connectivity index (χ4n) is 4.21. The van der Waals surface area contributed by atoms with Crippen LogP contribution in [0.25, 0.3) is 11.1 Å². The molecule has 8 nitrogen and oxygen atoms in total. The van der Waals surface area contributed by atoms with Crippen LogP contribution < -0.4 is 15.4 Å². The summed E-state index contributed by atoms with van der Waals surface area (Å²) in [6, 6.07) is 10.0.